The fourth-order valence-electron chi connectivity index (χ4n) is 1.30. The molecule has 0 bridgehead atoms. The first-order valence-corrected chi connectivity index (χ1v) is 4.06. The molecule has 0 saturated carbocycles. The summed E-state index contributed by atoms with van der Waals surface area (Å²) in [5.74, 6) is 0. The highest BCUT2D eigenvalue weighted by Crippen LogP contribution is 2.14. The van der Waals surface area contributed by atoms with Crippen LogP contribution in [0.15, 0.2) is 30.5 Å². The summed E-state index contributed by atoms with van der Waals surface area (Å²) in [4.78, 5) is 4.24. The lowest BCUT2D eigenvalue weighted by Gasteiger charge is -1.97. The molecule has 13 heavy (non-hydrogen) atoms. The van der Waals surface area contributed by atoms with Crippen LogP contribution >= 0.6 is 0 Å². The molecule has 1 aromatic heterocycles. The van der Waals surface area contributed by atoms with Gasteiger partial charge in [0, 0.05) is 11.6 Å². The van der Waals surface area contributed by atoms with Gasteiger partial charge in [-0.1, -0.05) is 6.07 Å². The van der Waals surface area contributed by atoms with Crippen molar-refractivity contribution in [3.8, 4) is 6.07 Å². The predicted octanol–water partition coefficient (Wildman–Crippen LogP) is 2.41. The van der Waals surface area contributed by atoms with Gasteiger partial charge in [-0.3, -0.25) is 4.98 Å². The van der Waals surface area contributed by atoms with Gasteiger partial charge in [-0.25, -0.2) is 0 Å². The molecule has 0 radical (unpaired) electrons. The summed E-state index contributed by atoms with van der Waals surface area (Å²) < 4.78 is 0. The number of hydrogen-bond donors (Lipinski definition) is 0. The number of nitriles is 1. The zero-order valence-electron chi connectivity index (χ0n) is 7.28. The van der Waals surface area contributed by atoms with Crippen molar-refractivity contribution in [1.29, 1.82) is 5.26 Å². The minimum Gasteiger partial charge on any atom is -0.256 e. The number of benzene rings is 1. The average molecular weight is 168 g/mol. The van der Waals surface area contributed by atoms with E-state index in [1.54, 1.807) is 6.07 Å². The Hall–Kier alpha value is -1.88. The number of hydrogen-bond acceptors (Lipinski definition) is 2. The Balaban J connectivity index is 2.75. The Bertz CT molecular complexity index is 495. The van der Waals surface area contributed by atoms with Crippen molar-refractivity contribution in [2.75, 3.05) is 0 Å². The van der Waals surface area contributed by atoms with Gasteiger partial charge in [0.2, 0.25) is 0 Å². The molecule has 2 heteroatoms. The summed E-state index contributed by atoms with van der Waals surface area (Å²) in [5, 5.41) is 9.76. The SMILES string of the molecule is Cc1cnc2cc(C#N)ccc2c1. The van der Waals surface area contributed by atoms with E-state index in [2.05, 4.69) is 17.1 Å². The zero-order valence-corrected chi connectivity index (χ0v) is 7.28. The van der Waals surface area contributed by atoms with Crippen LogP contribution in [0.2, 0.25) is 0 Å². The van der Waals surface area contributed by atoms with Crippen molar-refractivity contribution in [3.05, 3.63) is 41.6 Å². The number of fused-ring (bicyclic) bond motifs is 1. The first-order valence-electron chi connectivity index (χ1n) is 4.06. The van der Waals surface area contributed by atoms with Crippen molar-refractivity contribution in [2.45, 2.75) is 6.92 Å². The standard InChI is InChI=1S/C11H8N2/c1-8-4-10-3-2-9(6-12)5-11(10)13-7-8/h2-5,7H,1H3. The largest absolute Gasteiger partial charge is 0.256 e. The molecular weight excluding hydrogens is 160 g/mol. The molecule has 0 aliphatic rings. The molecule has 0 amide bonds. The van der Waals surface area contributed by atoms with Gasteiger partial charge in [-0.05, 0) is 30.7 Å². The van der Waals surface area contributed by atoms with Gasteiger partial charge in [-0.2, -0.15) is 5.26 Å². The maximum Gasteiger partial charge on any atom is 0.0992 e. The van der Waals surface area contributed by atoms with Crippen LogP contribution in [0.5, 0.6) is 0 Å². The lowest BCUT2D eigenvalue weighted by atomic mass is 10.1. The Morgan fingerprint density at radius 2 is 2.15 bits per heavy atom. The monoisotopic (exact) mass is 168 g/mol. The van der Waals surface area contributed by atoms with Gasteiger partial charge < -0.3 is 0 Å². The van der Waals surface area contributed by atoms with Crippen molar-refractivity contribution in [2.24, 2.45) is 0 Å². The van der Waals surface area contributed by atoms with E-state index in [1.165, 1.54) is 0 Å². The molecule has 2 nitrogen and oxygen atoms in total. The summed E-state index contributed by atoms with van der Waals surface area (Å²) in [7, 11) is 0. The quantitative estimate of drug-likeness (QED) is 0.605. The molecule has 2 aromatic rings. The number of nitrogens with zero attached hydrogens (tertiary/aromatic N) is 2. The summed E-state index contributed by atoms with van der Waals surface area (Å²) in [6.45, 7) is 2.00. The molecule has 0 atom stereocenters. The average Bonchev–Trinajstić information content (AvgIpc) is 2.17. The van der Waals surface area contributed by atoms with Gasteiger partial charge in [0.1, 0.15) is 0 Å². The van der Waals surface area contributed by atoms with Gasteiger partial charge in [0.25, 0.3) is 0 Å². The van der Waals surface area contributed by atoms with Crippen LogP contribution in [0, 0.1) is 18.3 Å². The Kier molecular flexibility index (Phi) is 1.71. The minimum absolute atomic E-state index is 0.656. The lowest BCUT2D eigenvalue weighted by molar-refractivity contribution is 1.33. The van der Waals surface area contributed by atoms with Gasteiger partial charge in [0.05, 0.1) is 17.1 Å². The third-order valence-electron chi connectivity index (χ3n) is 1.95. The van der Waals surface area contributed by atoms with E-state index in [0.717, 1.165) is 16.5 Å². The normalized spacial score (nSPS) is 9.85. The van der Waals surface area contributed by atoms with E-state index in [1.807, 2.05) is 25.3 Å². The molecule has 0 saturated heterocycles. The van der Waals surface area contributed by atoms with Crippen LogP contribution in [0.1, 0.15) is 11.1 Å². The number of rotatable bonds is 0. The van der Waals surface area contributed by atoms with E-state index in [0.29, 0.717) is 5.56 Å². The van der Waals surface area contributed by atoms with Crippen molar-refractivity contribution >= 4 is 10.9 Å². The van der Waals surface area contributed by atoms with Crippen LogP contribution in [0.4, 0.5) is 0 Å². The molecule has 1 aromatic carbocycles. The highest BCUT2D eigenvalue weighted by Gasteiger charge is 1.96. The third-order valence-corrected chi connectivity index (χ3v) is 1.95. The van der Waals surface area contributed by atoms with Crippen LogP contribution in [0.25, 0.3) is 10.9 Å². The summed E-state index contributed by atoms with van der Waals surface area (Å²) in [5.41, 5.74) is 2.67. The second-order valence-electron chi connectivity index (χ2n) is 3.03. The van der Waals surface area contributed by atoms with Crippen LogP contribution in [0.3, 0.4) is 0 Å². The molecule has 2 rings (SSSR count). The Labute approximate surface area is 76.5 Å². The van der Waals surface area contributed by atoms with Gasteiger partial charge >= 0.3 is 0 Å². The first-order chi connectivity index (χ1) is 6.29. The zero-order chi connectivity index (χ0) is 9.26. The van der Waals surface area contributed by atoms with E-state index in [4.69, 9.17) is 5.26 Å². The van der Waals surface area contributed by atoms with Crippen LogP contribution in [-0.2, 0) is 0 Å². The number of aryl methyl sites for hydroxylation is 1. The number of aromatic nitrogens is 1. The lowest BCUT2D eigenvalue weighted by Crippen LogP contribution is -1.82. The molecule has 0 unspecified atom stereocenters. The third kappa shape index (κ3) is 1.36. The second kappa shape index (κ2) is 2.87. The van der Waals surface area contributed by atoms with Crippen molar-refractivity contribution in [1.82, 2.24) is 4.98 Å². The molecule has 0 aliphatic carbocycles. The Morgan fingerprint density at radius 3 is 2.92 bits per heavy atom. The summed E-state index contributed by atoms with van der Waals surface area (Å²) in [6.07, 6.45) is 1.81. The second-order valence-corrected chi connectivity index (χ2v) is 3.03. The fraction of sp³-hybridized carbons (Fsp3) is 0.0909. The molecule has 0 fully saturated rings. The highest BCUT2D eigenvalue weighted by molar-refractivity contribution is 5.80. The smallest absolute Gasteiger partial charge is 0.0992 e. The van der Waals surface area contributed by atoms with E-state index >= 15 is 0 Å². The Morgan fingerprint density at radius 1 is 1.31 bits per heavy atom. The van der Waals surface area contributed by atoms with Gasteiger partial charge in [0.15, 0.2) is 0 Å². The maximum atomic E-state index is 8.67. The van der Waals surface area contributed by atoms with Crippen molar-refractivity contribution < 1.29 is 0 Å². The summed E-state index contributed by atoms with van der Waals surface area (Å²) in [6, 6.07) is 9.69. The maximum absolute atomic E-state index is 8.67. The van der Waals surface area contributed by atoms with E-state index in [-0.39, 0.29) is 0 Å². The molecule has 0 spiro atoms. The topological polar surface area (TPSA) is 36.7 Å². The number of pyridine rings is 1. The molecular formula is C11H8N2. The molecule has 0 N–H and O–H groups in total. The highest BCUT2D eigenvalue weighted by atomic mass is 14.6. The minimum atomic E-state index is 0.656. The first kappa shape index (κ1) is 7.75. The van der Waals surface area contributed by atoms with E-state index < -0.39 is 0 Å². The molecule has 62 valence electrons. The van der Waals surface area contributed by atoms with Crippen LogP contribution in [-0.4, -0.2) is 4.98 Å². The van der Waals surface area contributed by atoms with Crippen molar-refractivity contribution in [3.63, 3.8) is 0 Å². The molecule has 0 aliphatic heterocycles. The fourth-order valence-corrected chi connectivity index (χ4v) is 1.30. The van der Waals surface area contributed by atoms with E-state index in [9.17, 15) is 0 Å². The predicted molar refractivity (Wildman–Crippen MR) is 51.2 cm³/mol. The van der Waals surface area contributed by atoms with Crippen LogP contribution < -0.4 is 0 Å². The van der Waals surface area contributed by atoms with Gasteiger partial charge in [-0.15, -0.1) is 0 Å². The summed E-state index contributed by atoms with van der Waals surface area (Å²) >= 11 is 0. The molecule has 1 heterocycles.